The Balaban J connectivity index is 2.32. The molecule has 0 aliphatic heterocycles. The smallest absolute Gasteiger partial charge is 0.267 e. The van der Waals surface area contributed by atoms with Gasteiger partial charge in [-0.15, -0.1) is 0 Å². The largest absolute Gasteiger partial charge is 0.288 e. The number of nitrogens with zero attached hydrogens (tertiary/aromatic N) is 3. The number of amides is 1. The van der Waals surface area contributed by atoms with Gasteiger partial charge < -0.3 is 0 Å². The van der Waals surface area contributed by atoms with Crippen molar-refractivity contribution in [1.29, 1.82) is 0 Å². The molecule has 2 aromatic rings. The lowest BCUT2D eigenvalue weighted by Crippen LogP contribution is -2.35. The molecule has 0 unspecified atom stereocenters. The predicted octanol–water partition coefficient (Wildman–Crippen LogP) is 1.07. The summed E-state index contributed by atoms with van der Waals surface area (Å²) < 4.78 is 2.81. The van der Waals surface area contributed by atoms with Crippen molar-refractivity contribution < 1.29 is 4.79 Å². The predicted molar refractivity (Wildman–Crippen MR) is 71.8 cm³/mol. The minimum absolute atomic E-state index is 0.256. The standard InChI is InChI=1S/C13H16N4O2/c1-4-16-11(5-6-14-16)13(19)15-17-10(3)7-9(2)8-12(17)18/h5-8H,4H2,1-3H3,(H,15,19). The number of rotatable bonds is 3. The van der Waals surface area contributed by atoms with Crippen molar-refractivity contribution in [3.63, 3.8) is 0 Å². The van der Waals surface area contributed by atoms with Gasteiger partial charge in [0.2, 0.25) is 0 Å². The maximum Gasteiger partial charge on any atom is 0.288 e. The maximum atomic E-state index is 12.1. The van der Waals surface area contributed by atoms with E-state index in [-0.39, 0.29) is 11.5 Å². The molecular weight excluding hydrogens is 244 g/mol. The molecule has 2 heterocycles. The number of aryl methyl sites for hydroxylation is 3. The monoisotopic (exact) mass is 260 g/mol. The number of carbonyl (C=O) groups is 1. The quantitative estimate of drug-likeness (QED) is 0.897. The number of hydrogen-bond donors (Lipinski definition) is 1. The van der Waals surface area contributed by atoms with Crippen LogP contribution in [0.2, 0.25) is 0 Å². The molecule has 1 amide bonds. The highest BCUT2D eigenvalue weighted by atomic mass is 16.2. The lowest BCUT2D eigenvalue weighted by Gasteiger charge is -2.12. The Bertz CT molecular complexity index is 670. The Morgan fingerprint density at radius 3 is 2.74 bits per heavy atom. The Hall–Kier alpha value is -2.37. The summed E-state index contributed by atoms with van der Waals surface area (Å²) in [6.07, 6.45) is 1.56. The van der Waals surface area contributed by atoms with E-state index in [0.717, 1.165) is 5.56 Å². The molecule has 0 spiro atoms. The van der Waals surface area contributed by atoms with E-state index >= 15 is 0 Å². The van der Waals surface area contributed by atoms with Gasteiger partial charge in [-0.05, 0) is 38.5 Å². The fraction of sp³-hybridized carbons (Fsp3) is 0.308. The first kappa shape index (κ1) is 13.1. The van der Waals surface area contributed by atoms with Gasteiger partial charge in [0.25, 0.3) is 11.5 Å². The second-order valence-electron chi connectivity index (χ2n) is 4.32. The number of hydrogen-bond acceptors (Lipinski definition) is 3. The van der Waals surface area contributed by atoms with Gasteiger partial charge in [0.15, 0.2) is 0 Å². The van der Waals surface area contributed by atoms with Crippen LogP contribution < -0.4 is 11.0 Å². The third kappa shape index (κ3) is 2.57. The summed E-state index contributed by atoms with van der Waals surface area (Å²) in [6, 6.07) is 4.93. The van der Waals surface area contributed by atoms with E-state index in [0.29, 0.717) is 17.9 Å². The molecule has 0 fully saturated rings. The molecule has 0 aliphatic carbocycles. The van der Waals surface area contributed by atoms with Crippen LogP contribution in [-0.2, 0) is 6.54 Å². The van der Waals surface area contributed by atoms with Gasteiger partial charge in [0, 0.05) is 24.5 Å². The normalized spacial score (nSPS) is 10.5. The highest BCUT2D eigenvalue weighted by Gasteiger charge is 2.12. The van der Waals surface area contributed by atoms with Crippen LogP contribution >= 0.6 is 0 Å². The van der Waals surface area contributed by atoms with Crippen molar-refractivity contribution >= 4 is 5.91 Å². The van der Waals surface area contributed by atoms with Gasteiger partial charge in [-0.3, -0.25) is 19.7 Å². The van der Waals surface area contributed by atoms with Crippen LogP contribution in [0.25, 0.3) is 0 Å². The van der Waals surface area contributed by atoms with E-state index in [1.54, 1.807) is 23.9 Å². The average molecular weight is 260 g/mol. The van der Waals surface area contributed by atoms with Gasteiger partial charge in [0.1, 0.15) is 5.69 Å². The maximum absolute atomic E-state index is 12.1. The van der Waals surface area contributed by atoms with E-state index in [1.807, 2.05) is 19.9 Å². The molecule has 0 saturated carbocycles. The molecule has 0 atom stereocenters. The van der Waals surface area contributed by atoms with Crippen LogP contribution in [0.3, 0.4) is 0 Å². The first-order valence-electron chi connectivity index (χ1n) is 6.06. The second kappa shape index (κ2) is 5.09. The van der Waals surface area contributed by atoms with Gasteiger partial charge >= 0.3 is 0 Å². The Labute approximate surface area is 110 Å². The Morgan fingerprint density at radius 1 is 1.37 bits per heavy atom. The molecule has 0 radical (unpaired) electrons. The topological polar surface area (TPSA) is 68.9 Å². The van der Waals surface area contributed by atoms with Crippen LogP contribution in [0.15, 0.2) is 29.2 Å². The minimum Gasteiger partial charge on any atom is -0.267 e. The van der Waals surface area contributed by atoms with Crippen LogP contribution in [0, 0.1) is 13.8 Å². The molecule has 2 rings (SSSR count). The molecule has 6 nitrogen and oxygen atoms in total. The van der Waals surface area contributed by atoms with Crippen LogP contribution in [0.4, 0.5) is 0 Å². The Kier molecular flexibility index (Phi) is 3.50. The van der Waals surface area contributed by atoms with Crippen molar-refractivity contribution in [2.75, 3.05) is 5.43 Å². The third-order valence-corrected chi connectivity index (χ3v) is 2.82. The zero-order valence-corrected chi connectivity index (χ0v) is 11.2. The number of aromatic nitrogens is 3. The van der Waals surface area contributed by atoms with Gasteiger partial charge in [-0.2, -0.15) is 5.10 Å². The molecule has 0 aliphatic rings. The molecule has 0 aromatic carbocycles. The van der Waals surface area contributed by atoms with Crippen molar-refractivity contribution in [1.82, 2.24) is 14.5 Å². The van der Waals surface area contributed by atoms with E-state index < -0.39 is 0 Å². The first-order chi connectivity index (χ1) is 9.02. The van der Waals surface area contributed by atoms with Gasteiger partial charge in [-0.1, -0.05) is 0 Å². The van der Waals surface area contributed by atoms with E-state index in [4.69, 9.17) is 0 Å². The third-order valence-electron chi connectivity index (χ3n) is 2.82. The summed E-state index contributed by atoms with van der Waals surface area (Å²) in [5, 5.41) is 4.02. The second-order valence-corrected chi connectivity index (χ2v) is 4.32. The fourth-order valence-electron chi connectivity index (χ4n) is 1.95. The molecule has 19 heavy (non-hydrogen) atoms. The van der Waals surface area contributed by atoms with E-state index in [2.05, 4.69) is 10.5 Å². The highest BCUT2D eigenvalue weighted by molar-refractivity contribution is 5.98. The number of nitrogens with one attached hydrogen (secondary N) is 1. The van der Waals surface area contributed by atoms with E-state index in [9.17, 15) is 9.59 Å². The molecular formula is C13H16N4O2. The van der Waals surface area contributed by atoms with Crippen molar-refractivity contribution in [3.05, 3.63) is 51.7 Å². The van der Waals surface area contributed by atoms with Gasteiger partial charge in [-0.25, -0.2) is 4.68 Å². The van der Waals surface area contributed by atoms with Crippen molar-refractivity contribution in [2.45, 2.75) is 27.3 Å². The molecule has 1 N–H and O–H groups in total. The van der Waals surface area contributed by atoms with Crippen LogP contribution in [-0.4, -0.2) is 20.4 Å². The Morgan fingerprint density at radius 2 is 2.11 bits per heavy atom. The summed E-state index contributed by atoms with van der Waals surface area (Å²) >= 11 is 0. The van der Waals surface area contributed by atoms with Crippen molar-refractivity contribution in [3.8, 4) is 0 Å². The highest BCUT2D eigenvalue weighted by Crippen LogP contribution is 2.01. The number of pyridine rings is 1. The minimum atomic E-state index is -0.353. The van der Waals surface area contributed by atoms with Gasteiger partial charge in [0.05, 0.1) is 0 Å². The summed E-state index contributed by atoms with van der Waals surface area (Å²) in [5.41, 5.74) is 4.31. The van der Waals surface area contributed by atoms with Crippen molar-refractivity contribution in [2.24, 2.45) is 0 Å². The van der Waals surface area contributed by atoms with E-state index in [1.165, 1.54) is 10.7 Å². The lowest BCUT2D eigenvalue weighted by molar-refractivity contribution is 0.0996. The molecule has 6 heteroatoms. The molecule has 0 bridgehead atoms. The fourth-order valence-corrected chi connectivity index (χ4v) is 1.95. The zero-order chi connectivity index (χ0) is 14.0. The molecule has 2 aromatic heterocycles. The molecule has 100 valence electrons. The summed E-state index contributed by atoms with van der Waals surface area (Å²) in [6.45, 7) is 6.10. The lowest BCUT2D eigenvalue weighted by atomic mass is 10.2. The number of carbonyl (C=O) groups excluding carboxylic acids is 1. The van der Waals surface area contributed by atoms with Crippen LogP contribution in [0.5, 0.6) is 0 Å². The molecule has 0 saturated heterocycles. The first-order valence-corrected chi connectivity index (χ1v) is 6.06. The van der Waals surface area contributed by atoms with Crippen LogP contribution in [0.1, 0.15) is 28.7 Å². The SMILES string of the molecule is CCn1nccc1C(=O)Nn1c(C)cc(C)cc1=O. The average Bonchev–Trinajstić information content (AvgIpc) is 2.81. The summed E-state index contributed by atoms with van der Waals surface area (Å²) in [7, 11) is 0. The zero-order valence-electron chi connectivity index (χ0n) is 11.2. The summed E-state index contributed by atoms with van der Waals surface area (Å²) in [5.74, 6) is -0.353. The summed E-state index contributed by atoms with van der Waals surface area (Å²) in [4.78, 5) is 24.0.